The fraction of sp³-hybridized carbons (Fsp3) is 0.400. The van der Waals surface area contributed by atoms with Crippen molar-refractivity contribution < 1.29 is 31.1 Å². The smallest absolute Gasteiger partial charge is 0.434 e. The van der Waals surface area contributed by atoms with Crippen LogP contribution in [0.15, 0.2) is 18.2 Å². The number of aryl methyl sites for hydroxylation is 1. The number of halogens is 6. The summed E-state index contributed by atoms with van der Waals surface area (Å²) < 4.78 is 77.5. The molecule has 0 atom stereocenters. The molecular weight excluding hydrogens is 264 g/mol. The monoisotopic (exact) mass is 273 g/mol. The molecule has 0 amide bonds. The van der Waals surface area contributed by atoms with Crippen LogP contribution >= 0.6 is 0 Å². The van der Waals surface area contributed by atoms with Gasteiger partial charge in [0.1, 0.15) is 5.75 Å². The average molecular weight is 273 g/mol. The third-order valence-corrected chi connectivity index (χ3v) is 2.04. The van der Waals surface area contributed by atoms with E-state index < -0.39 is 24.2 Å². The molecule has 0 aliphatic rings. The third kappa shape index (κ3) is 3.44. The molecular formula is C10H9F6NO. The van der Waals surface area contributed by atoms with Gasteiger partial charge in [0.15, 0.2) is 0 Å². The zero-order valence-electron chi connectivity index (χ0n) is 9.06. The van der Waals surface area contributed by atoms with Crippen molar-refractivity contribution in [3.63, 3.8) is 0 Å². The molecule has 2 nitrogen and oxygen atoms in total. The van der Waals surface area contributed by atoms with Gasteiger partial charge in [0.2, 0.25) is 0 Å². The molecule has 0 radical (unpaired) electrons. The van der Waals surface area contributed by atoms with Gasteiger partial charge in [-0.2, -0.15) is 26.3 Å². The normalized spacial score (nSPS) is 12.9. The number of anilines is 1. The number of hydrogen-bond acceptors (Lipinski definition) is 2. The SMILES string of the molecule is Cc1cc(N)ccc1OC(C(F)(F)F)C(F)(F)F. The minimum Gasteiger partial charge on any atom is -0.471 e. The van der Waals surface area contributed by atoms with Crippen LogP contribution in [0.5, 0.6) is 5.75 Å². The minimum atomic E-state index is -5.54. The Hall–Kier alpha value is -1.60. The van der Waals surface area contributed by atoms with Crippen molar-refractivity contribution in [2.45, 2.75) is 25.4 Å². The average Bonchev–Trinajstić information content (AvgIpc) is 2.12. The minimum absolute atomic E-state index is 0.0912. The van der Waals surface area contributed by atoms with Gasteiger partial charge < -0.3 is 10.5 Å². The molecule has 0 aliphatic heterocycles. The first-order valence-corrected chi connectivity index (χ1v) is 4.68. The Balaban J connectivity index is 3.05. The first kappa shape index (κ1) is 14.5. The van der Waals surface area contributed by atoms with E-state index in [9.17, 15) is 26.3 Å². The summed E-state index contributed by atoms with van der Waals surface area (Å²) in [6, 6.07) is 3.35. The highest BCUT2D eigenvalue weighted by molar-refractivity contribution is 5.47. The van der Waals surface area contributed by atoms with Gasteiger partial charge in [0, 0.05) is 5.69 Å². The molecule has 0 saturated heterocycles. The number of hydrogen-bond donors (Lipinski definition) is 1. The van der Waals surface area contributed by atoms with Gasteiger partial charge in [-0.1, -0.05) is 0 Å². The predicted molar refractivity (Wildman–Crippen MR) is 52.1 cm³/mol. The van der Waals surface area contributed by atoms with Crippen molar-refractivity contribution in [3.05, 3.63) is 23.8 Å². The van der Waals surface area contributed by atoms with Crippen molar-refractivity contribution in [2.24, 2.45) is 0 Å². The first-order chi connectivity index (χ1) is 8.01. The molecule has 1 rings (SSSR count). The summed E-state index contributed by atoms with van der Waals surface area (Å²) in [5.74, 6) is -0.510. The van der Waals surface area contributed by atoms with Crippen molar-refractivity contribution in [2.75, 3.05) is 5.73 Å². The summed E-state index contributed by atoms with van der Waals surface area (Å²) in [6.45, 7) is 1.30. The number of nitrogen functional groups attached to an aromatic ring is 1. The molecule has 0 aromatic heterocycles. The lowest BCUT2D eigenvalue weighted by atomic mass is 10.2. The molecule has 0 unspecified atom stereocenters. The fourth-order valence-corrected chi connectivity index (χ4v) is 1.25. The number of rotatable bonds is 2. The highest BCUT2D eigenvalue weighted by Crippen LogP contribution is 2.37. The molecule has 1 aromatic rings. The maximum atomic E-state index is 12.2. The van der Waals surface area contributed by atoms with Crippen molar-refractivity contribution in [1.29, 1.82) is 0 Å². The Morgan fingerprint density at radius 2 is 1.56 bits per heavy atom. The molecule has 1 aromatic carbocycles. The zero-order chi connectivity index (χ0) is 14.1. The molecule has 102 valence electrons. The van der Waals surface area contributed by atoms with E-state index in [0.29, 0.717) is 0 Å². The van der Waals surface area contributed by atoms with E-state index in [1.807, 2.05) is 0 Å². The number of benzene rings is 1. The van der Waals surface area contributed by atoms with Gasteiger partial charge in [-0.25, -0.2) is 0 Å². The number of ether oxygens (including phenoxy) is 1. The first-order valence-electron chi connectivity index (χ1n) is 4.68. The van der Waals surface area contributed by atoms with Crippen LogP contribution in [-0.4, -0.2) is 18.5 Å². The second-order valence-corrected chi connectivity index (χ2v) is 3.61. The summed E-state index contributed by atoms with van der Waals surface area (Å²) in [4.78, 5) is 0. The third-order valence-electron chi connectivity index (χ3n) is 2.04. The van der Waals surface area contributed by atoms with Crippen LogP contribution in [0.2, 0.25) is 0 Å². The van der Waals surface area contributed by atoms with E-state index in [0.717, 1.165) is 12.1 Å². The van der Waals surface area contributed by atoms with Crippen LogP contribution in [0.1, 0.15) is 5.56 Å². The van der Waals surface area contributed by atoms with E-state index in [1.54, 1.807) is 0 Å². The van der Waals surface area contributed by atoms with Gasteiger partial charge in [-0.05, 0) is 30.7 Å². The van der Waals surface area contributed by atoms with Crippen LogP contribution in [0.25, 0.3) is 0 Å². The Morgan fingerprint density at radius 3 is 1.94 bits per heavy atom. The Morgan fingerprint density at radius 1 is 1.06 bits per heavy atom. The predicted octanol–water partition coefficient (Wildman–Crippen LogP) is 3.45. The van der Waals surface area contributed by atoms with E-state index in [4.69, 9.17) is 5.73 Å². The molecule has 2 N–H and O–H groups in total. The standard InChI is InChI=1S/C10H9F6NO/c1-5-4-6(17)2-3-7(5)18-8(9(11,12)13)10(14,15)16/h2-4,8H,17H2,1H3. The van der Waals surface area contributed by atoms with Crippen molar-refractivity contribution in [3.8, 4) is 5.75 Å². The van der Waals surface area contributed by atoms with Crippen molar-refractivity contribution in [1.82, 2.24) is 0 Å². The second kappa shape index (κ2) is 4.58. The van der Waals surface area contributed by atoms with Gasteiger partial charge >= 0.3 is 12.4 Å². The van der Waals surface area contributed by atoms with Gasteiger partial charge in [-0.3, -0.25) is 0 Å². The summed E-state index contributed by atoms with van der Waals surface area (Å²) in [7, 11) is 0. The quantitative estimate of drug-likeness (QED) is 0.661. The maximum Gasteiger partial charge on any atom is 0.434 e. The van der Waals surface area contributed by atoms with Gasteiger partial charge in [-0.15, -0.1) is 0 Å². The Labute approximate surface area is 98.3 Å². The highest BCUT2D eigenvalue weighted by Gasteiger charge is 2.59. The summed E-state index contributed by atoms with van der Waals surface area (Å²) >= 11 is 0. The van der Waals surface area contributed by atoms with Crippen LogP contribution in [0.4, 0.5) is 32.0 Å². The van der Waals surface area contributed by atoms with E-state index in [1.165, 1.54) is 13.0 Å². The molecule has 0 aliphatic carbocycles. The molecule has 0 bridgehead atoms. The lowest BCUT2D eigenvalue weighted by molar-refractivity contribution is -0.299. The largest absolute Gasteiger partial charge is 0.471 e. The van der Waals surface area contributed by atoms with Gasteiger partial charge in [0.25, 0.3) is 6.10 Å². The Bertz CT molecular complexity index is 411. The molecule has 0 spiro atoms. The highest BCUT2D eigenvalue weighted by atomic mass is 19.4. The number of alkyl halides is 6. The maximum absolute atomic E-state index is 12.2. The van der Waals surface area contributed by atoms with Crippen molar-refractivity contribution >= 4 is 5.69 Å². The van der Waals surface area contributed by atoms with Crippen LogP contribution < -0.4 is 10.5 Å². The molecule has 0 fully saturated rings. The van der Waals surface area contributed by atoms with Crippen LogP contribution in [0, 0.1) is 6.92 Å². The second-order valence-electron chi connectivity index (χ2n) is 3.61. The van der Waals surface area contributed by atoms with Crippen LogP contribution in [-0.2, 0) is 0 Å². The van der Waals surface area contributed by atoms with E-state index >= 15 is 0 Å². The molecule has 0 saturated carbocycles. The summed E-state index contributed by atoms with van der Waals surface area (Å²) in [6.07, 6.45) is -14.9. The summed E-state index contributed by atoms with van der Waals surface area (Å²) in [5, 5.41) is 0. The van der Waals surface area contributed by atoms with Crippen LogP contribution in [0.3, 0.4) is 0 Å². The number of nitrogens with two attached hydrogens (primary N) is 1. The molecule has 0 heterocycles. The molecule has 18 heavy (non-hydrogen) atoms. The topological polar surface area (TPSA) is 35.2 Å². The Kier molecular flexibility index (Phi) is 3.68. The lowest BCUT2D eigenvalue weighted by Gasteiger charge is -2.24. The fourth-order valence-electron chi connectivity index (χ4n) is 1.25. The summed E-state index contributed by atoms with van der Waals surface area (Å²) in [5.41, 5.74) is 5.64. The van der Waals surface area contributed by atoms with Gasteiger partial charge in [0.05, 0.1) is 0 Å². The van der Waals surface area contributed by atoms with E-state index in [2.05, 4.69) is 4.74 Å². The molecule has 8 heteroatoms. The zero-order valence-corrected chi connectivity index (χ0v) is 9.06. The van der Waals surface area contributed by atoms with E-state index in [-0.39, 0.29) is 11.3 Å². The lowest BCUT2D eigenvalue weighted by Crippen LogP contribution is -2.46.